The molecule has 0 saturated carbocycles. The van der Waals surface area contributed by atoms with Crippen molar-refractivity contribution in [3.63, 3.8) is 0 Å². The zero-order valence-electron chi connectivity index (χ0n) is 16.9. The Balaban J connectivity index is 1.24. The Labute approximate surface area is 176 Å². The van der Waals surface area contributed by atoms with Gasteiger partial charge in [0.15, 0.2) is 0 Å². The first-order valence-electron chi connectivity index (χ1n) is 10.6. The predicted octanol–water partition coefficient (Wildman–Crippen LogP) is 4.27. The highest BCUT2D eigenvalue weighted by molar-refractivity contribution is 6.19. The van der Waals surface area contributed by atoms with E-state index in [4.69, 9.17) is 0 Å². The molecule has 152 valence electrons. The Morgan fingerprint density at radius 2 is 1.50 bits per heavy atom. The lowest BCUT2D eigenvalue weighted by Crippen LogP contribution is -2.46. The number of benzene rings is 3. The molecule has 0 unspecified atom stereocenters. The van der Waals surface area contributed by atoms with Crippen molar-refractivity contribution in [3.05, 3.63) is 78.4 Å². The lowest BCUT2D eigenvalue weighted by molar-refractivity contribution is -0.116. The number of para-hydroxylation sites is 1. The first-order chi connectivity index (χ1) is 14.7. The van der Waals surface area contributed by atoms with Crippen LogP contribution in [0.25, 0.3) is 10.8 Å². The van der Waals surface area contributed by atoms with Gasteiger partial charge in [0.05, 0.1) is 5.69 Å². The summed E-state index contributed by atoms with van der Waals surface area (Å²) < 4.78 is 0. The number of imide groups is 1. The van der Waals surface area contributed by atoms with Crippen molar-refractivity contribution in [3.8, 4) is 0 Å². The third-order valence-electron chi connectivity index (χ3n) is 6.28. The van der Waals surface area contributed by atoms with Gasteiger partial charge < -0.3 is 4.90 Å². The number of nitrogens with zero attached hydrogens (tertiary/aromatic N) is 3. The molecule has 0 atom stereocenters. The van der Waals surface area contributed by atoms with Gasteiger partial charge in [0, 0.05) is 25.7 Å². The van der Waals surface area contributed by atoms with E-state index in [1.807, 2.05) is 30.3 Å². The number of likely N-dealkylation sites (tertiary alicyclic amines) is 1. The summed E-state index contributed by atoms with van der Waals surface area (Å²) in [6.45, 7) is 2.95. The number of piperidine rings is 1. The second kappa shape index (κ2) is 7.92. The average molecular weight is 399 g/mol. The van der Waals surface area contributed by atoms with E-state index in [0.717, 1.165) is 32.5 Å². The van der Waals surface area contributed by atoms with Crippen LogP contribution >= 0.6 is 0 Å². The molecule has 3 aromatic carbocycles. The molecule has 0 N–H and O–H groups in total. The molecule has 30 heavy (non-hydrogen) atoms. The Morgan fingerprint density at radius 3 is 2.30 bits per heavy atom. The largest absolute Gasteiger partial charge is 0.332 e. The van der Waals surface area contributed by atoms with Crippen molar-refractivity contribution in [2.75, 3.05) is 24.5 Å². The highest BCUT2D eigenvalue weighted by Crippen LogP contribution is 2.27. The summed E-state index contributed by atoms with van der Waals surface area (Å²) in [4.78, 5) is 31.0. The van der Waals surface area contributed by atoms with Gasteiger partial charge in [-0.05, 0) is 41.3 Å². The monoisotopic (exact) mass is 399 g/mol. The van der Waals surface area contributed by atoms with Crippen LogP contribution in [-0.2, 0) is 11.3 Å². The molecule has 2 heterocycles. The fourth-order valence-electron chi connectivity index (χ4n) is 4.70. The standard InChI is InChI=1S/C25H25N3O2/c29-24-18-27(25(30)28(24)22-10-2-1-3-11-22)21-13-15-26(16-14-21)17-20-9-6-8-19-7-4-5-12-23(19)20/h1-12,21H,13-18H2. The van der Waals surface area contributed by atoms with Gasteiger partial charge in [-0.2, -0.15) is 0 Å². The summed E-state index contributed by atoms with van der Waals surface area (Å²) in [6.07, 6.45) is 1.79. The minimum absolute atomic E-state index is 0.124. The number of anilines is 1. The number of carbonyl (C=O) groups is 2. The van der Waals surface area contributed by atoms with E-state index in [2.05, 4.69) is 47.4 Å². The van der Waals surface area contributed by atoms with Crippen molar-refractivity contribution in [1.82, 2.24) is 9.80 Å². The summed E-state index contributed by atoms with van der Waals surface area (Å²) >= 11 is 0. The van der Waals surface area contributed by atoms with E-state index >= 15 is 0 Å². The normalized spacial score (nSPS) is 18.5. The molecule has 5 rings (SSSR count). The van der Waals surface area contributed by atoms with E-state index < -0.39 is 0 Å². The molecule has 2 saturated heterocycles. The van der Waals surface area contributed by atoms with Crippen LogP contribution in [0, 0.1) is 0 Å². The van der Waals surface area contributed by atoms with E-state index in [9.17, 15) is 9.59 Å². The van der Waals surface area contributed by atoms with Gasteiger partial charge in [-0.25, -0.2) is 9.69 Å². The lowest BCUT2D eigenvalue weighted by Gasteiger charge is -2.36. The number of carbonyl (C=O) groups excluding carboxylic acids is 2. The van der Waals surface area contributed by atoms with Gasteiger partial charge >= 0.3 is 6.03 Å². The second-order valence-electron chi connectivity index (χ2n) is 8.12. The zero-order valence-corrected chi connectivity index (χ0v) is 16.9. The van der Waals surface area contributed by atoms with Gasteiger partial charge in [-0.1, -0.05) is 60.7 Å². The first-order valence-corrected chi connectivity index (χ1v) is 10.6. The Kier molecular flexibility index (Phi) is 4.97. The fourth-order valence-corrected chi connectivity index (χ4v) is 4.70. The predicted molar refractivity (Wildman–Crippen MR) is 118 cm³/mol. The van der Waals surface area contributed by atoms with E-state index in [1.165, 1.54) is 21.2 Å². The van der Waals surface area contributed by atoms with E-state index in [-0.39, 0.29) is 24.5 Å². The molecule has 5 heteroatoms. The van der Waals surface area contributed by atoms with Gasteiger partial charge in [0.25, 0.3) is 5.91 Å². The van der Waals surface area contributed by atoms with E-state index in [0.29, 0.717) is 5.69 Å². The van der Waals surface area contributed by atoms with Gasteiger partial charge in [-0.15, -0.1) is 0 Å². The number of rotatable bonds is 4. The molecule has 3 aromatic rings. The van der Waals surface area contributed by atoms with Crippen molar-refractivity contribution in [2.45, 2.75) is 25.4 Å². The lowest BCUT2D eigenvalue weighted by atomic mass is 10.0. The number of amides is 3. The molecule has 0 spiro atoms. The summed E-state index contributed by atoms with van der Waals surface area (Å²) in [6, 6.07) is 24.1. The minimum Gasteiger partial charge on any atom is -0.312 e. The Bertz CT molecular complexity index is 1070. The molecule has 0 radical (unpaired) electrons. The van der Waals surface area contributed by atoms with Crippen molar-refractivity contribution >= 4 is 28.4 Å². The van der Waals surface area contributed by atoms with Crippen LogP contribution in [0.1, 0.15) is 18.4 Å². The third kappa shape index (κ3) is 3.46. The molecule has 2 fully saturated rings. The molecular formula is C25H25N3O2. The fraction of sp³-hybridized carbons (Fsp3) is 0.280. The van der Waals surface area contributed by atoms with Crippen molar-refractivity contribution in [1.29, 1.82) is 0 Å². The SMILES string of the molecule is O=C1CN(C2CCN(Cc3cccc4ccccc34)CC2)C(=O)N1c1ccccc1. The third-order valence-corrected chi connectivity index (χ3v) is 6.28. The smallest absolute Gasteiger partial charge is 0.312 e. The number of fused-ring (bicyclic) bond motifs is 1. The maximum atomic E-state index is 13.0. The molecule has 5 nitrogen and oxygen atoms in total. The highest BCUT2D eigenvalue weighted by Gasteiger charge is 2.41. The van der Waals surface area contributed by atoms with Crippen LogP contribution in [-0.4, -0.2) is 47.4 Å². The number of hydrogen-bond acceptors (Lipinski definition) is 3. The number of urea groups is 1. The maximum Gasteiger partial charge on any atom is 0.332 e. The van der Waals surface area contributed by atoms with Crippen LogP contribution < -0.4 is 4.90 Å². The van der Waals surface area contributed by atoms with Crippen LogP contribution in [0.2, 0.25) is 0 Å². The van der Waals surface area contributed by atoms with Crippen LogP contribution in [0.4, 0.5) is 10.5 Å². The van der Waals surface area contributed by atoms with E-state index in [1.54, 1.807) is 4.90 Å². The first kappa shape index (κ1) is 18.8. The molecule has 3 amide bonds. The summed E-state index contributed by atoms with van der Waals surface area (Å²) in [5.41, 5.74) is 2.00. The van der Waals surface area contributed by atoms with Crippen molar-refractivity contribution < 1.29 is 9.59 Å². The van der Waals surface area contributed by atoms with Gasteiger partial charge in [-0.3, -0.25) is 9.69 Å². The Morgan fingerprint density at radius 1 is 0.800 bits per heavy atom. The molecule has 0 aliphatic carbocycles. The van der Waals surface area contributed by atoms with Gasteiger partial charge in [0.1, 0.15) is 6.54 Å². The highest BCUT2D eigenvalue weighted by atomic mass is 16.2. The molecule has 0 bridgehead atoms. The topological polar surface area (TPSA) is 43.9 Å². The molecule has 2 aliphatic rings. The summed E-state index contributed by atoms with van der Waals surface area (Å²) in [7, 11) is 0. The molecule has 0 aromatic heterocycles. The van der Waals surface area contributed by atoms with Crippen LogP contribution in [0.15, 0.2) is 72.8 Å². The second-order valence-corrected chi connectivity index (χ2v) is 8.12. The van der Waals surface area contributed by atoms with Crippen LogP contribution in [0.3, 0.4) is 0 Å². The quantitative estimate of drug-likeness (QED) is 0.616. The summed E-state index contributed by atoms with van der Waals surface area (Å²) in [5.74, 6) is -0.135. The Hall–Kier alpha value is -3.18. The average Bonchev–Trinajstić information content (AvgIpc) is 3.09. The minimum atomic E-state index is -0.182. The molecule has 2 aliphatic heterocycles. The zero-order chi connectivity index (χ0) is 20.5. The van der Waals surface area contributed by atoms with Crippen LogP contribution in [0.5, 0.6) is 0 Å². The molecular weight excluding hydrogens is 374 g/mol. The maximum absolute atomic E-state index is 13.0. The van der Waals surface area contributed by atoms with Crippen molar-refractivity contribution in [2.24, 2.45) is 0 Å². The summed E-state index contributed by atoms with van der Waals surface area (Å²) in [5, 5.41) is 2.58. The number of hydrogen-bond donors (Lipinski definition) is 0. The van der Waals surface area contributed by atoms with Gasteiger partial charge in [0.2, 0.25) is 0 Å².